The van der Waals surface area contributed by atoms with Crippen molar-refractivity contribution >= 4 is 23.1 Å². The van der Waals surface area contributed by atoms with Crippen LogP contribution in [0.5, 0.6) is 17.2 Å². The van der Waals surface area contributed by atoms with E-state index in [9.17, 15) is 14.7 Å². The lowest BCUT2D eigenvalue weighted by atomic mass is 9.94. The van der Waals surface area contributed by atoms with E-state index in [0.29, 0.717) is 34.1 Å². The van der Waals surface area contributed by atoms with Crippen molar-refractivity contribution in [3.05, 3.63) is 89.0 Å². The van der Waals surface area contributed by atoms with Gasteiger partial charge in [0.25, 0.3) is 11.7 Å². The molecule has 176 valence electrons. The molecule has 3 aromatic rings. The Morgan fingerprint density at radius 1 is 0.914 bits per heavy atom. The molecule has 1 aliphatic rings. The van der Waals surface area contributed by atoms with Crippen LogP contribution in [0.2, 0.25) is 0 Å². The molecule has 0 radical (unpaired) electrons. The number of para-hydroxylation sites is 1. The van der Waals surface area contributed by atoms with E-state index in [1.54, 1.807) is 60.7 Å². The molecule has 1 saturated heterocycles. The van der Waals surface area contributed by atoms with Gasteiger partial charge in [0, 0.05) is 11.3 Å². The summed E-state index contributed by atoms with van der Waals surface area (Å²) in [5.41, 5.74) is 1.36. The van der Waals surface area contributed by atoms with Crippen LogP contribution in [-0.4, -0.2) is 38.1 Å². The fraction of sp³-hybridized carbons (Fsp3) is 0.148. The van der Waals surface area contributed by atoms with Crippen molar-refractivity contribution in [3.8, 4) is 23.3 Å². The fourth-order valence-electron chi connectivity index (χ4n) is 4.13. The third-order valence-corrected chi connectivity index (χ3v) is 5.81. The molecule has 8 nitrogen and oxygen atoms in total. The van der Waals surface area contributed by atoms with E-state index in [4.69, 9.17) is 19.5 Å². The second-order valence-electron chi connectivity index (χ2n) is 7.64. The molecule has 0 bridgehead atoms. The molecule has 1 atom stereocenters. The molecule has 0 aromatic heterocycles. The summed E-state index contributed by atoms with van der Waals surface area (Å²) in [6, 6.07) is 19.0. The Morgan fingerprint density at radius 3 is 2.23 bits per heavy atom. The predicted octanol–water partition coefficient (Wildman–Crippen LogP) is 4.21. The topological polar surface area (TPSA) is 109 Å². The molecule has 1 fully saturated rings. The Bertz CT molecular complexity index is 1370. The SMILES string of the molecule is COc1ccc(OC)c(/C(O)=C2\C(=O)C(=O)N(c3ccc(C#N)cc3)C2c2ccccc2OC)c1. The quantitative estimate of drug-likeness (QED) is 0.326. The number of anilines is 1. The van der Waals surface area contributed by atoms with Crippen LogP contribution < -0.4 is 19.1 Å². The first-order valence-corrected chi connectivity index (χ1v) is 10.6. The number of rotatable bonds is 6. The number of benzene rings is 3. The molecule has 1 N–H and O–H groups in total. The number of carbonyl (C=O) groups excluding carboxylic acids is 2. The minimum atomic E-state index is -1.00. The van der Waals surface area contributed by atoms with Crippen molar-refractivity contribution in [2.45, 2.75) is 6.04 Å². The van der Waals surface area contributed by atoms with Crippen LogP contribution in [0.25, 0.3) is 5.76 Å². The summed E-state index contributed by atoms with van der Waals surface area (Å²) in [6.07, 6.45) is 0. The maximum atomic E-state index is 13.4. The Balaban J connectivity index is 2.01. The number of Topliss-reactive ketones (excluding diaryl/α,β-unsaturated/α-hetero) is 1. The van der Waals surface area contributed by atoms with Gasteiger partial charge in [-0.25, -0.2) is 0 Å². The second-order valence-corrected chi connectivity index (χ2v) is 7.64. The van der Waals surface area contributed by atoms with Gasteiger partial charge in [-0.3, -0.25) is 14.5 Å². The largest absolute Gasteiger partial charge is 0.507 e. The number of nitriles is 1. The van der Waals surface area contributed by atoms with Gasteiger partial charge < -0.3 is 19.3 Å². The zero-order chi connectivity index (χ0) is 25.1. The zero-order valence-electron chi connectivity index (χ0n) is 19.3. The maximum Gasteiger partial charge on any atom is 0.300 e. The summed E-state index contributed by atoms with van der Waals surface area (Å²) in [5, 5.41) is 20.6. The number of hydrogen-bond donors (Lipinski definition) is 1. The highest BCUT2D eigenvalue weighted by Crippen LogP contribution is 2.46. The third kappa shape index (κ3) is 4.04. The average molecular weight is 470 g/mol. The number of ether oxygens (including phenoxy) is 3. The summed E-state index contributed by atoms with van der Waals surface area (Å²) in [7, 11) is 4.40. The average Bonchev–Trinajstić information content (AvgIpc) is 3.17. The number of ketones is 1. The molecular weight excluding hydrogens is 448 g/mol. The number of nitrogens with zero attached hydrogens (tertiary/aromatic N) is 2. The standard InChI is InChI=1S/C27H22N2O6/c1-33-18-12-13-22(35-3)20(14-18)25(30)23-24(19-6-4-5-7-21(19)34-2)29(27(32)26(23)31)17-10-8-16(15-28)9-11-17/h4-14,24,30H,1-3H3/b25-23+. The van der Waals surface area contributed by atoms with E-state index < -0.39 is 23.5 Å². The van der Waals surface area contributed by atoms with E-state index in [2.05, 4.69) is 0 Å². The summed E-state index contributed by atoms with van der Waals surface area (Å²) in [6.45, 7) is 0. The van der Waals surface area contributed by atoms with Crippen molar-refractivity contribution < 1.29 is 28.9 Å². The van der Waals surface area contributed by atoms with Crippen LogP contribution in [0.4, 0.5) is 5.69 Å². The first kappa shape index (κ1) is 23.4. The van der Waals surface area contributed by atoms with Gasteiger partial charge in [-0.15, -0.1) is 0 Å². The Kier molecular flexibility index (Phi) is 6.42. The van der Waals surface area contributed by atoms with Gasteiger partial charge in [0.05, 0.1) is 50.1 Å². The lowest BCUT2D eigenvalue weighted by Crippen LogP contribution is -2.29. The molecule has 1 heterocycles. The maximum absolute atomic E-state index is 13.4. The van der Waals surface area contributed by atoms with Crippen molar-refractivity contribution in [1.29, 1.82) is 5.26 Å². The summed E-state index contributed by atoms with van der Waals surface area (Å²) in [4.78, 5) is 28.0. The molecule has 0 spiro atoms. The van der Waals surface area contributed by atoms with Crippen molar-refractivity contribution in [2.24, 2.45) is 0 Å². The number of aliphatic hydroxyl groups excluding tert-OH is 1. The monoisotopic (exact) mass is 470 g/mol. The van der Waals surface area contributed by atoms with Gasteiger partial charge in [0.1, 0.15) is 23.0 Å². The van der Waals surface area contributed by atoms with Gasteiger partial charge in [-0.2, -0.15) is 5.26 Å². The molecule has 1 unspecified atom stereocenters. The number of carbonyl (C=O) groups is 2. The highest BCUT2D eigenvalue weighted by Gasteiger charge is 2.48. The van der Waals surface area contributed by atoms with E-state index in [-0.39, 0.29) is 11.1 Å². The molecule has 0 aliphatic carbocycles. The Labute approximate surface area is 202 Å². The lowest BCUT2D eigenvalue weighted by molar-refractivity contribution is -0.132. The van der Waals surface area contributed by atoms with Crippen LogP contribution >= 0.6 is 0 Å². The molecule has 4 rings (SSSR count). The minimum absolute atomic E-state index is 0.129. The molecular formula is C27H22N2O6. The normalized spacial score (nSPS) is 16.6. The van der Waals surface area contributed by atoms with Crippen LogP contribution in [0.3, 0.4) is 0 Å². The first-order chi connectivity index (χ1) is 16.9. The van der Waals surface area contributed by atoms with Crippen molar-refractivity contribution in [1.82, 2.24) is 0 Å². The molecule has 3 aromatic carbocycles. The van der Waals surface area contributed by atoms with E-state index in [1.807, 2.05) is 6.07 Å². The second kappa shape index (κ2) is 9.61. The summed E-state index contributed by atoms with van der Waals surface area (Å²) in [5.74, 6) is -0.941. The number of amides is 1. The smallest absolute Gasteiger partial charge is 0.300 e. The molecule has 1 aliphatic heterocycles. The van der Waals surface area contributed by atoms with Crippen molar-refractivity contribution in [3.63, 3.8) is 0 Å². The van der Waals surface area contributed by atoms with Crippen LogP contribution in [0, 0.1) is 11.3 Å². The summed E-state index contributed by atoms with van der Waals surface area (Å²) >= 11 is 0. The Hall–Kier alpha value is -4.77. The van der Waals surface area contributed by atoms with Gasteiger partial charge in [0.2, 0.25) is 0 Å². The fourth-order valence-corrected chi connectivity index (χ4v) is 4.13. The molecule has 35 heavy (non-hydrogen) atoms. The van der Waals surface area contributed by atoms with Gasteiger partial charge in [-0.05, 0) is 48.5 Å². The van der Waals surface area contributed by atoms with Gasteiger partial charge in [0.15, 0.2) is 0 Å². The number of methoxy groups -OCH3 is 3. The van der Waals surface area contributed by atoms with E-state index in [0.717, 1.165) is 0 Å². The number of hydrogen-bond acceptors (Lipinski definition) is 7. The lowest BCUT2D eigenvalue weighted by Gasteiger charge is -2.26. The highest BCUT2D eigenvalue weighted by atomic mass is 16.5. The van der Waals surface area contributed by atoms with Crippen molar-refractivity contribution in [2.75, 3.05) is 26.2 Å². The third-order valence-electron chi connectivity index (χ3n) is 5.81. The van der Waals surface area contributed by atoms with E-state index in [1.165, 1.54) is 32.3 Å². The Morgan fingerprint density at radius 2 is 1.60 bits per heavy atom. The predicted molar refractivity (Wildman–Crippen MR) is 128 cm³/mol. The van der Waals surface area contributed by atoms with Crippen LogP contribution in [-0.2, 0) is 9.59 Å². The first-order valence-electron chi connectivity index (χ1n) is 10.6. The minimum Gasteiger partial charge on any atom is -0.507 e. The van der Waals surface area contributed by atoms with Gasteiger partial charge in [-0.1, -0.05) is 18.2 Å². The highest BCUT2D eigenvalue weighted by molar-refractivity contribution is 6.51. The number of aliphatic hydroxyl groups is 1. The summed E-state index contributed by atoms with van der Waals surface area (Å²) < 4.78 is 16.2. The van der Waals surface area contributed by atoms with Crippen LogP contribution in [0.15, 0.2) is 72.3 Å². The molecule has 8 heteroatoms. The zero-order valence-corrected chi connectivity index (χ0v) is 19.3. The molecule has 1 amide bonds. The van der Waals surface area contributed by atoms with Crippen LogP contribution in [0.1, 0.15) is 22.7 Å². The molecule has 0 saturated carbocycles. The van der Waals surface area contributed by atoms with E-state index >= 15 is 0 Å². The van der Waals surface area contributed by atoms with Gasteiger partial charge >= 0.3 is 0 Å².